The van der Waals surface area contributed by atoms with Crippen molar-refractivity contribution < 1.29 is 14.3 Å². The fourth-order valence-corrected chi connectivity index (χ4v) is 2.75. The molecule has 2 aromatic rings. The summed E-state index contributed by atoms with van der Waals surface area (Å²) >= 11 is 0. The summed E-state index contributed by atoms with van der Waals surface area (Å²) in [7, 11) is 1.62. The number of amides is 2. The minimum atomic E-state index is -1.16. The van der Waals surface area contributed by atoms with Crippen molar-refractivity contribution in [2.24, 2.45) is 5.41 Å². The first-order valence-electron chi connectivity index (χ1n) is 9.12. The molecule has 0 saturated heterocycles. The van der Waals surface area contributed by atoms with E-state index in [0.29, 0.717) is 13.0 Å². The van der Waals surface area contributed by atoms with Gasteiger partial charge in [0.1, 0.15) is 11.2 Å². The number of methoxy groups -OCH3 is 1. The largest absolute Gasteiger partial charge is 0.496 e. The van der Waals surface area contributed by atoms with Crippen molar-refractivity contribution in [3.8, 4) is 5.75 Å². The lowest BCUT2D eigenvalue weighted by Crippen LogP contribution is -2.48. The van der Waals surface area contributed by atoms with Crippen LogP contribution in [-0.2, 0) is 16.0 Å². The molecule has 0 heterocycles. The van der Waals surface area contributed by atoms with Gasteiger partial charge in [0.2, 0.25) is 11.8 Å². The zero-order valence-corrected chi connectivity index (χ0v) is 16.4. The summed E-state index contributed by atoms with van der Waals surface area (Å²) in [6, 6.07) is 17.2. The van der Waals surface area contributed by atoms with Crippen molar-refractivity contribution in [2.45, 2.75) is 33.2 Å². The highest BCUT2D eigenvalue weighted by Crippen LogP contribution is 2.20. The maximum atomic E-state index is 12.6. The number of benzene rings is 2. The summed E-state index contributed by atoms with van der Waals surface area (Å²) in [6.07, 6.45) is 0.633. The molecule has 0 aliphatic rings. The summed E-state index contributed by atoms with van der Waals surface area (Å²) < 4.78 is 5.32. The third-order valence-corrected chi connectivity index (χ3v) is 4.65. The monoisotopic (exact) mass is 368 g/mol. The third kappa shape index (κ3) is 5.33. The highest BCUT2D eigenvalue weighted by Gasteiger charge is 2.36. The second-order valence-corrected chi connectivity index (χ2v) is 7.05. The normalized spacial score (nSPS) is 12.1. The van der Waals surface area contributed by atoms with E-state index < -0.39 is 5.41 Å². The van der Waals surface area contributed by atoms with E-state index in [1.54, 1.807) is 21.0 Å². The number of carbonyl (C=O) groups excluding carboxylic acids is 2. The first-order chi connectivity index (χ1) is 12.9. The second kappa shape index (κ2) is 9.21. The van der Waals surface area contributed by atoms with Crippen LogP contribution in [-0.4, -0.2) is 25.5 Å². The summed E-state index contributed by atoms with van der Waals surface area (Å²) in [5.74, 6) is 0.198. The van der Waals surface area contributed by atoms with Crippen molar-refractivity contribution >= 4 is 11.8 Å². The molecule has 5 heteroatoms. The van der Waals surface area contributed by atoms with Gasteiger partial charge in [-0.1, -0.05) is 48.5 Å². The summed E-state index contributed by atoms with van der Waals surface area (Å²) in [5.41, 5.74) is 0.850. The Bertz CT molecular complexity index is 772. The molecule has 1 unspecified atom stereocenters. The predicted octanol–water partition coefficient (Wildman–Crippen LogP) is 3.26. The Morgan fingerprint density at radius 3 is 2.30 bits per heavy atom. The maximum Gasteiger partial charge on any atom is 0.235 e. The number of carbonyl (C=O) groups is 2. The molecule has 2 rings (SSSR count). The van der Waals surface area contributed by atoms with Crippen LogP contribution < -0.4 is 15.4 Å². The van der Waals surface area contributed by atoms with Crippen LogP contribution >= 0.6 is 0 Å². The van der Waals surface area contributed by atoms with E-state index in [4.69, 9.17) is 4.74 Å². The van der Waals surface area contributed by atoms with Crippen LogP contribution in [0.25, 0.3) is 0 Å². The van der Waals surface area contributed by atoms with Gasteiger partial charge in [0, 0.05) is 6.54 Å². The molecule has 0 spiro atoms. The zero-order chi connectivity index (χ0) is 19.9. The van der Waals surface area contributed by atoms with Crippen LogP contribution in [0.5, 0.6) is 5.75 Å². The predicted molar refractivity (Wildman–Crippen MR) is 106 cm³/mol. The van der Waals surface area contributed by atoms with Crippen molar-refractivity contribution in [3.63, 3.8) is 0 Å². The summed E-state index contributed by atoms with van der Waals surface area (Å²) in [4.78, 5) is 25.2. The lowest BCUT2D eigenvalue weighted by atomic mass is 9.90. The van der Waals surface area contributed by atoms with Gasteiger partial charge in [0.05, 0.1) is 13.2 Å². The Morgan fingerprint density at radius 2 is 1.63 bits per heavy atom. The van der Waals surface area contributed by atoms with E-state index in [1.165, 1.54) is 0 Å². The van der Waals surface area contributed by atoms with E-state index in [9.17, 15) is 9.59 Å². The van der Waals surface area contributed by atoms with Crippen LogP contribution in [0, 0.1) is 5.41 Å². The molecule has 0 aromatic heterocycles. The molecular weight excluding hydrogens is 340 g/mol. The molecule has 2 amide bonds. The number of nitrogens with one attached hydrogen (secondary N) is 2. The van der Waals surface area contributed by atoms with E-state index >= 15 is 0 Å². The SMILES string of the molecule is COc1ccccc1CCNC(=O)C(C)(C)C(=O)NC(C)c1ccccc1. The Morgan fingerprint density at radius 1 is 1.00 bits per heavy atom. The van der Waals surface area contributed by atoms with Crippen LogP contribution in [0.2, 0.25) is 0 Å². The van der Waals surface area contributed by atoms with Gasteiger partial charge >= 0.3 is 0 Å². The first-order valence-corrected chi connectivity index (χ1v) is 9.12. The van der Waals surface area contributed by atoms with Crippen LogP contribution in [0.1, 0.15) is 37.9 Å². The molecule has 5 nitrogen and oxygen atoms in total. The number of hydrogen-bond donors (Lipinski definition) is 2. The van der Waals surface area contributed by atoms with Gasteiger partial charge in [-0.2, -0.15) is 0 Å². The molecule has 1 atom stereocenters. The maximum absolute atomic E-state index is 12.6. The van der Waals surface area contributed by atoms with Gasteiger partial charge in [-0.3, -0.25) is 9.59 Å². The Kier molecular flexibility index (Phi) is 6.99. The van der Waals surface area contributed by atoms with Gasteiger partial charge in [-0.05, 0) is 44.4 Å². The number of ether oxygens (including phenoxy) is 1. The topological polar surface area (TPSA) is 67.4 Å². The average molecular weight is 368 g/mol. The van der Waals surface area contributed by atoms with E-state index in [0.717, 1.165) is 16.9 Å². The van der Waals surface area contributed by atoms with Crippen LogP contribution in [0.15, 0.2) is 54.6 Å². The molecule has 0 bridgehead atoms. The molecule has 0 fully saturated rings. The quantitative estimate of drug-likeness (QED) is 0.703. The molecule has 2 N–H and O–H groups in total. The summed E-state index contributed by atoms with van der Waals surface area (Å²) in [6.45, 7) is 5.62. The lowest BCUT2D eigenvalue weighted by Gasteiger charge is -2.25. The Balaban J connectivity index is 1.90. The van der Waals surface area contributed by atoms with E-state index in [-0.39, 0.29) is 17.9 Å². The zero-order valence-electron chi connectivity index (χ0n) is 16.4. The van der Waals surface area contributed by atoms with Crippen LogP contribution in [0.4, 0.5) is 0 Å². The molecule has 0 aliphatic carbocycles. The molecule has 2 aromatic carbocycles. The molecule has 0 radical (unpaired) electrons. The minimum Gasteiger partial charge on any atom is -0.496 e. The fourth-order valence-electron chi connectivity index (χ4n) is 2.75. The van der Waals surface area contributed by atoms with Gasteiger partial charge in [0.15, 0.2) is 0 Å². The van der Waals surface area contributed by atoms with Crippen molar-refractivity contribution in [1.82, 2.24) is 10.6 Å². The minimum absolute atomic E-state index is 0.167. The molecule has 27 heavy (non-hydrogen) atoms. The van der Waals surface area contributed by atoms with E-state index in [1.807, 2.05) is 61.5 Å². The van der Waals surface area contributed by atoms with Crippen molar-refractivity contribution in [2.75, 3.05) is 13.7 Å². The molecule has 0 aliphatic heterocycles. The number of rotatable bonds is 8. The standard InChI is InChI=1S/C22H28N2O3/c1-16(17-10-6-5-7-11-17)24-21(26)22(2,3)20(25)23-15-14-18-12-8-9-13-19(18)27-4/h5-13,16H,14-15H2,1-4H3,(H,23,25)(H,24,26). The molecular formula is C22H28N2O3. The fraction of sp³-hybridized carbons (Fsp3) is 0.364. The first kappa shape index (κ1) is 20.5. The highest BCUT2D eigenvalue weighted by atomic mass is 16.5. The smallest absolute Gasteiger partial charge is 0.235 e. The van der Waals surface area contributed by atoms with Gasteiger partial charge in [-0.25, -0.2) is 0 Å². The van der Waals surface area contributed by atoms with Gasteiger partial charge in [-0.15, -0.1) is 0 Å². The summed E-state index contributed by atoms with van der Waals surface area (Å²) in [5, 5.41) is 5.79. The Labute approximate surface area is 161 Å². The van der Waals surface area contributed by atoms with Gasteiger partial charge < -0.3 is 15.4 Å². The van der Waals surface area contributed by atoms with Crippen molar-refractivity contribution in [1.29, 1.82) is 0 Å². The van der Waals surface area contributed by atoms with Crippen molar-refractivity contribution in [3.05, 3.63) is 65.7 Å². The number of hydrogen-bond acceptors (Lipinski definition) is 3. The average Bonchev–Trinajstić information content (AvgIpc) is 2.68. The van der Waals surface area contributed by atoms with E-state index in [2.05, 4.69) is 10.6 Å². The van der Waals surface area contributed by atoms with Crippen LogP contribution in [0.3, 0.4) is 0 Å². The Hall–Kier alpha value is -2.82. The third-order valence-electron chi connectivity index (χ3n) is 4.65. The lowest BCUT2D eigenvalue weighted by molar-refractivity contribution is -0.141. The molecule has 144 valence electrons. The highest BCUT2D eigenvalue weighted by molar-refractivity contribution is 6.04. The van der Waals surface area contributed by atoms with Gasteiger partial charge in [0.25, 0.3) is 0 Å². The number of para-hydroxylation sites is 1. The second-order valence-electron chi connectivity index (χ2n) is 7.05. The molecule has 0 saturated carbocycles.